The highest BCUT2D eigenvalue weighted by atomic mass is 79.9. The van der Waals surface area contributed by atoms with Crippen molar-refractivity contribution in [2.75, 3.05) is 5.33 Å². The Labute approximate surface area is 115 Å². The topological polar surface area (TPSA) is 0 Å². The average Bonchev–Trinajstić information content (AvgIpc) is 2.39. The summed E-state index contributed by atoms with van der Waals surface area (Å²) in [5, 5.41) is 1.11. The van der Waals surface area contributed by atoms with Crippen molar-refractivity contribution in [2.45, 2.75) is 64.7 Å². The molecule has 0 N–H and O–H groups in total. The van der Waals surface area contributed by atoms with E-state index in [-0.39, 0.29) is 0 Å². The molecule has 1 heteroatoms. The van der Waals surface area contributed by atoms with Gasteiger partial charge in [-0.2, -0.15) is 0 Å². The largest absolute Gasteiger partial charge is 0.0880 e. The van der Waals surface area contributed by atoms with Crippen LogP contribution in [0.15, 0.2) is 11.6 Å². The second kappa shape index (κ2) is 6.97. The second-order valence-electron chi connectivity index (χ2n) is 6.23. The summed E-state index contributed by atoms with van der Waals surface area (Å²) in [7, 11) is 0. The molecule has 0 radical (unpaired) electrons. The molecule has 2 aliphatic rings. The van der Waals surface area contributed by atoms with Gasteiger partial charge in [-0.25, -0.2) is 0 Å². The van der Waals surface area contributed by atoms with Gasteiger partial charge < -0.3 is 0 Å². The van der Waals surface area contributed by atoms with E-state index in [1.165, 1.54) is 57.8 Å². The maximum absolute atomic E-state index is 3.72. The number of alkyl halides is 1. The summed E-state index contributed by atoms with van der Waals surface area (Å²) in [4.78, 5) is 0. The lowest BCUT2D eigenvalue weighted by Gasteiger charge is -2.28. The van der Waals surface area contributed by atoms with Crippen molar-refractivity contribution in [1.29, 1.82) is 0 Å². The summed E-state index contributed by atoms with van der Waals surface area (Å²) in [5.41, 5.74) is 1.73. The molecule has 0 aromatic heterocycles. The van der Waals surface area contributed by atoms with E-state index in [2.05, 4.69) is 28.9 Å². The van der Waals surface area contributed by atoms with E-state index >= 15 is 0 Å². The van der Waals surface area contributed by atoms with Gasteiger partial charge in [-0.05, 0) is 43.4 Å². The van der Waals surface area contributed by atoms with Gasteiger partial charge in [0.05, 0.1) is 0 Å². The Morgan fingerprint density at radius 3 is 2.24 bits per heavy atom. The first-order valence-electron chi connectivity index (χ1n) is 7.56. The fraction of sp³-hybridized carbons (Fsp3) is 0.875. The van der Waals surface area contributed by atoms with Gasteiger partial charge in [0, 0.05) is 5.33 Å². The quantitative estimate of drug-likeness (QED) is 0.462. The number of hydrogen-bond acceptors (Lipinski definition) is 0. The van der Waals surface area contributed by atoms with E-state index in [0.717, 1.165) is 23.1 Å². The first kappa shape index (κ1) is 13.6. The van der Waals surface area contributed by atoms with Crippen molar-refractivity contribution in [1.82, 2.24) is 0 Å². The Hall–Kier alpha value is 0.220. The molecule has 0 heterocycles. The summed E-state index contributed by atoms with van der Waals surface area (Å²) < 4.78 is 0. The zero-order valence-electron chi connectivity index (χ0n) is 11.3. The summed E-state index contributed by atoms with van der Waals surface area (Å²) >= 11 is 3.72. The maximum atomic E-state index is 3.72. The molecule has 0 aliphatic heterocycles. The molecule has 0 aromatic rings. The first-order valence-corrected chi connectivity index (χ1v) is 8.68. The molecule has 0 aromatic carbocycles. The third kappa shape index (κ3) is 4.12. The van der Waals surface area contributed by atoms with Crippen LogP contribution >= 0.6 is 15.9 Å². The summed E-state index contributed by atoms with van der Waals surface area (Å²) in [6, 6.07) is 0. The van der Waals surface area contributed by atoms with Gasteiger partial charge in [0.1, 0.15) is 0 Å². The van der Waals surface area contributed by atoms with E-state index in [1.54, 1.807) is 5.57 Å². The maximum Gasteiger partial charge on any atom is 0.0244 e. The summed E-state index contributed by atoms with van der Waals surface area (Å²) in [5.74, 6) is 2.77. The number of allylic oxidation sites excluding steroid dienone is 2. The second-order valence-corrected chi connectivity index (χ2v) is 6.79. The lowest BCUT2D eigenvalue weighted by molar-refractivity contribution is 0.326. The highest BCUT2D eigenvalue weighted by molar-refractivity contribution is 9.09. The van der Waals surface area contributed by atoms with Crippen LogP contribution in [0, 0.1) is 17.8 Å². The van der Waals surface area contributed by atoms with Crippen molar-refractivity contribution in [3.05, 3.63) is 11.6 Å². The van der Waals surface area contributed by atoms with Crippen molar-refractivity contribution in [3.8, 4) is 0 Å². The normalized spacial score (nSPS) is 32.7. The Bertz CT molecular complexity index is 242. The van der Waals surface area contributed by atoms with Crippen LogP contribution in [-0.4, -0.2) is 5.33 Å². The van der Waals surface area contributed by atoms with Gasteiger partial charge in [0.2, 0.25) is 0 Å². The highest BCUT2D eigenvalue weighted by Crippen LogP contribution is 2.35. The van der Waals surface area contributed by atoms with E-state index < -0.39 is 0 Å². The first-order chi connectivity index (χ1) is 8.29. The van der Waals surface area contributed by atoms with Crippen LogP contribution in [0.2, 0.25) is 0 Å². The van der Waals surface area contributed by atoms with Crippen LogP contribution < -0.4 is 0 Å². The minimum atomic E-state index is 0.890. The van der Waals surface area contributed by atoms with Crippen molar-refractivity contribution in [2.24, 2.45) is 17.8 Å². The molecule has 0 nitrogen and oxygen atoms in total. The van der Waals surface area contributed by atoms with E-state index in [9.17, 15) is 0 Å². The fourth-order valence-corrected chi connectivity index (χ4v) is 4.16. The van der Waals surface area contributed by atoms with E-state index in [0.29, 0.717) is 0 Å². The van der Waals surface area contributed by atoms with Crippen LogP contribution in [0.4, 0.5) is 0 Å². The van der Waals surface area contributed by atoms with Crippen LogP contribution in [0.1, 0.15) is 64.7 Å². The van der Waals surface area contributed by atoms with Gasteiger partial charge in [-0.15, -0.1) is 0 Å². The van der Waals surface area contributed by atoms with Crippen molar-refractivity contribution in [3.63, 3.8) is 0 Å². The van der Waals surface area contributed by atoms with Gasteiger partial charge in [-0.1, -0.05) is 66.6 Å². The summed E-state index contributed by atoms with van der Waals surface area (Å²) in [6.07, 6.45) is 15.7. The predicted molar refractivity (Wildman–Crippen MR) is 79.6 cm³/mol. The number of rotatable bonds is 3. The Kier molecular flexibility index (Phi) is 5.59. The zero-order chi connectivity index (χ0) is 12.1. The van der Waals surface area contributed by atoms with Gasteiger partial charge in [-0.3, -0.25) is 0 Å². The molecule has 2 saturated carbocycles. The number of halogens is 1. The van der Waals surface area contributed by atoms with Crippen LogP contribution in [0.3, 0.4) is 0 Å². The van der Waals surface area contributed by atoms with Gasteiger partial charge in [0.15, 0.2) is 0 Å². The summed E-state index contributed by atoms with van der Waals surface area (Å²) in [6.45, 7) is 2.41. The van der Waals surface area contributed by atoms with Gasteiger partial charge in [0.25, 0.3) is 0 Å². The molecule has 0 atom stereocenters. The Morgan fingerprint density at radius 1 is 1.00 bits per heavy atom. The minimum absolute atomic E-state index is 0.890. The van der Waals surface area contributed by atoms with E-state index in [4.69, 9.17) is 0 Å². The predicted octanol–water partition coefficient (Wildman–Crippen LogP) is 5.71. The fourth-order valence-electron chi connectivity index (χ4n) is 3.52. The molecule has 2 fully saturated rings. The molecule has 98 valence electrons. The van der Waals surface area contributed by atoms with Crippen molar-refractivity contribution < 1.29 is 0 Å². The molecular weight excluding hydrogens is 272 g/mol. The molecule has 0 bridgehead atoms. The Morgan fingerprint density at radius 2 is 1.65 bits per heavy atom. The van der Waals surface area contributed by atoms with Gasteiger partial charge >= 0.3 is 0 Å². The standard InChI is InChI=1S/C16H27Br/c1-13-7-9-14(10-8-13)11-16(12-17)15-5-3-2-4-6-15/h11,13-15H,2-10,12H2,1H3. The molecule has 0 saturated heterocycles. The highest BCUT2D eigenvalue weighted by Gasteiger charge is 2.21. The molecule has 0 amide bonds. The molecular formula is C16H27Br. The van der Waals surface area contributed by atoms with E-state index in [1.807, 2.05) is 0 Å². The monoisotopic (exact) mass is 298 g/mol. The third-order valence-electron chi connectivity index (χ3n) is 4.79. The number of hydrogen-bond donors (Lipinski definition) is 0. The average molecular weight is 299 g/mol. The Balaban J connectivity index is 1.91. The molecule has 0 spiro atoms. The lowest BCUT2D eigenvalue weighted by Crippen LogP contribution is -2.15. The van der Waals surface area contributed by atoms with Crippen LogP contribution in [0.25, 0.3) is 0 Å². The third-order valence-corrected chi connectivity index (χ3v) is 5.44. The smallest absolute Gasteiger partial charge is 0.0244 e. The van der Waals surface area contributed by atoms with Crippen LogP contribution in [0.5, 0.6) is 0 Å². The molecule has 2 rings (SSSR count). The molecule has 2 aliphatic carbocycles. The zero-order valence-corrected chi connectivity index (χ0v) is 12.8. The van der Waals surface area contributed by atoms with Crippen LogP contribution in [-0.2, 0) is 0 Å². The molecule has 17 heavy (non-hydrogen) atoms. The minimum Gasteiger partial charge on any atom is -0.0880 e. The SMILES string of the molecule is CC1CCC(C=C(CBr)C2CCCCC2)CC1. The van der Waals surface area contributed by atoms with Crippen molar-refractivity contribution >= 4 is 15.9 Å². The molecule has 0 unspecified atom stereocenters. The lowest BCUT2D eigenvalue weighted by atomic mass is 9.79.